The largest absolute Gasteiger partial charge is 0.492 e. The van der Waals surface area contributed by atoms with Crippen LogP contribution in [0.3, 0.4) is 0 Å². The Morgan fingerprint density at radius 1 is 1.37 bits per heavy atom. The first-order valence-electron chi connectivity index (χ1n) is 6.53. The minimum atomic E-state index is 0.0864. The van der Waals surface area contributed by atoms with Crippen molar-refractivity contribution in [2.45, 2.75) is 45.7 Å². The van der Waals surface area contributed by atoms with Gasteiger partial charge in [-0.1, -0.05) is 12.1 Å². The molecule has 0 fully saturated rings. The zero-order chi connectivity index (χ0) is 14.3. The number of benzene rings is 1. The Bertz CT molecular complexity index is 443. The second-order valence-corrected chi connectivity index (χ2v) is 6.34. The number of rotatable bonds is 6. The molecule has 1 rings (SSSR count). The molecule has 0 atom stereocenters. The molecule has 0 spiro atoms. The summed E-state index contributed by atoms with van der Waals surface area (Å²) in [6.45, 7) is 7.89. The van der Waals surface area contributed by atoms with Crippen molar-refractivity contribution in [2.75, 3.05) is 6.61 Å². The van der Waals surface area contributed by atoms with Crippen molar-refractivity contribution in [3.05, 3.63) is 28.2 Å². The zero-order valence-electron chi connectivity index (χ0n) is 11.9. The molecular weight excluding hydrogens is 302 g/mol. The molecule has 1 aromatic rings. The fourth-order valence-corrected chi connectivity index (χ4v) is 2.08. The molecule has 0 unspecified atom stereocenters. The first-order chi connectivity index (χ1) is 8.94. The van der Waals surface area contributed by atoms with Crippen LogP contribution in [0, 0.1) is 12.3 Å². The molecule has 0 aromatic heterocycles. The van der Waals surface area contributed by atoms with Crippen molar-refractivity contribution in [1.29, 1.82) is 0 Å². The van der Waals surface area contributed by atoms with Crippen LogP contribution in [0.4, 0.5) is 0 Å². The first-order valence-corrected chi connectivity index (χ1v) is 7.32. The van der Waals surface area contributed by atoms with Gasteiger partial charge < -0.3 is 10.1 Å². The molecule has 0 radical (unpaired) electrons. The van der Waals surface area contributed by atoms with E-state index in [4.69, 9.17) is 11.2 Å². The Hall–Kier alpha value is -0.980. The van der Waals surface area contributed by atoms with Crippen LogP contribution in [0.25, 0.3) is 0 Å². The van der Waals surface area contributed by atoms with Gasteiger partial charge in [-0.25, -0.2) is 0 Å². The van der Waals surface area contributed by atoms with Crippen LogP contribution in [0.15, 0.2) is 22.7 Å². The third kappa shape index (κ3) is 6.13. The van der Waals surface area contributed by atoms with E-state index in [-0.39, 0.29) is 5.54 Å². The van der Waals surface area contributed by atoms with E-state index in [9.17, 15) is 0 Å². The molecule has 19 heavy (non-hydrogen) atoms. The molecule has 1 N–H and O–H groups in total. The number of hydrogen-bond acceptors (Lipinski definition) is 2. The van der Waals surface area contributed by atoms with Crippen LogP contribution in [-0.2, 0) is 6.54 Å². The maximum absolute atomic E-state index is 5.85. The maximum atomic E-state index is 5.85. The van der Waals surface area contributed by atoms with E-state index in [0.29, 0.717) is 6.61 Å². The van der Waals surface area contributed by atoms with Crippen molar-refractivity contribution >= 4 is 15.9 Å². The van der Waals surface area contributed by atoms with Crippen molar-refractivity contribution in [1.82, 2.24) is 5.32 Å². The number of ether oxygens (including phenoxy) is 1. The lowest BCUT2D eigenvalue weighted by molar-refractivity contribution is 0.305. The highest BCUT2D eigenvalue weighted by atomic mass is 79.9. The van der Waals surface area contributed by atoms with Gasteiger partial charge in [-0.05, 0) is 49.2 Å². The van der Waals surface area contributed by atoms with E-state index in [1.54, 1.807) is 0 Å². The summed E-state index contributed by atoms with van der Waals surface area (Å²) >= 11 is 3.54. The summed E-state index contributed by atoms with van der Waals surface area (Å²) in [6.07, 6.45) is 6.87. The van der Waals surface area contributed by atoms with Gasteiger partial charge in [-0.3, -0.25) is 0 Å². The highest BCUT2D eigenvalue weighted by Crippen LogP contribution is 2.29. The van der Waals surface area contributed by atoms with Crippen molar-refractivity contribution in [2.24, 2.45) is 0 Å². The summed E-state index contributed by atoms with van der Waals surface area (Å²) in [4.78, 5) is 0. The summed E-state index contributed by atoms with van der Waals surface area (Å²) in [5.41, 5.74) is 1.24. The molecule has 0 amide bonds. The zero-order valence-corrected chi connectivity index (χ0v) is 13.5. The van der Waals surface area contributed by atoms with E-state index in [2.05, 4.69) is 54.0 Å². The van der Waals surface area contributed by atoms with Gasteiger partial charge in [-0.15, -0.1) is 12.3 Å². The van der Waals surface area contributed by atoms with Crippen LogP contribution in [0.2, 0.25) is 0 Å². The summed E-state index contributed by atoms with van der Waals surface area (Å²) < 4.78 is 6.84. The van der Waals surface area contributed by atoms with E-state index in [1.165, 1.54) is 0 Å². The van der Waals surface area contributed by atoms with Crippen LogP contribution in [0.5, 0.6) is 5.75 Å². The van der Waals surface area contributed by atoms with E-state index in [0.717, 1.165) is 35.2 Å². The third-order valence-electron chi connectivity index (χ3n) is 2.57. The number of hydrogen-bond donors (Lipinski definition) is 1. The summed E-state index contributed by atoms with van der Waals surface area (Å²) in [7, 11) is 0. The van der Waals surface area contributed by atoms with Gasteiger partial charge in [0, 0.05) is 24.1 Å². The number of halogens is 1. The molecule has 0 saturated carbocycles. The fraction of sp³-hybridized carbons (Fsp3) is 0.500. The smallest absolute Gasteiger partial charge is 0.137 e. The first kappa shape index (κ1) is 16.1. The Morgan fingerprint density at radius 2 is 2.11 bits per heavy atom. The average molecular weight is 324 g/mol. The normalized spacial score (nSPS) is 11.1. The number of terminal acetylenes is 1. The number of unbranched alkanes of at least 4 members (excludes halogenated alkanes) is 1. The number of para-hydroxylation sites is 1. The lowest BCUT2D eigenvalue weighted by Crippen LogP contribution is -2.35. The van der Waals surface area contributed by atoms with Crippen molar-refractivity contribution in [3.8, 4) is 18.1 Å². The predicted molar refractivity (Wildman–Crippen MR) is 84.3 cm³/mol. The summed E-state index contributed by atoms with van der Waals surface area (Å²) in [5.74, 6) is 3.54. The van der Waals surface area contributed by atoms with Gasteiger partial charge in [-0.2, -0.15) is 0 Å². The second kappa shape index (κ2) is 7.57. The van der Waals surface area contributed by atoms with Gasteiger partial charge in [0.1, 0.15) is 5.75 Å². The predicted octanol–water partition coefficient (Wildman–Crippen LogP) is 4.13. The molecule has 0 heterocycles. The molecule has 0 saturated heterocycles. The Kier molecular flexibility index (Phi) is 6.41. The van der Waals surface area contributed by atoms with Crippen molar-refractivity contribution < 1.29 is 4.74 Å². The molecule has 0 aliphatic carbocycles. The molecular formula is C16H22BrNO. The number of nitrogens with one attached hydrogen (secondary N) is 1. The molecule has 2 nitrogen and oxygen atoms in total. The minimum Gasteiger partial charge on any atom is -0.492 e. The molecule has 0 bridgehead atoms. The van der Waals surface area contributed by atoms with Crippen LogP contribution < -0.4 is 10.1 Å². The molecule has 1 aromatic carbocycles. The highest BCUT2D eigenvalue weighted by Gasteiger charge is 2.12. The molecule has 3 heteroatoms. The minimum absolute atomic E-state index is 0.0864. The van der Waals surface area contributed by atoms with E-state index < -0.39 is 0 Å². The monoisotopic (exact) mass is 323 g/mol. The van der Waals surface area contributed by atoms with E-state index >= 15 is 0 Å². The van der Waals surface area contributed by atoms with Crippen LogP contribution in [0.1, 0.15) is 39.2 Å². The van der Waals surface area contributed by atoms with Gasteiger partial charge in [0.05, 0.1) is 11.1 Å². The highest BCUT2D eigenvalue weighted by molar-refractivity contribution is 9.10. The maximum Gasteiger partial charge on any atom is 0.137 e. The standard InChI is InChI=1S/C16H22BrNO/c1-5-6-7-11-19-15-13(9-8-10-14(15)17)12-18-16(2,3)4/h1,8-10,18H,6-7,11-12H2,2-4H3. The second-order valence-electron chi connectivity index (χ2n) is 5.49. The van der Waals surface area contributed by atoms with Gasteiger partial charge >= 0.3 is 0 Å². The fourth-order valence-electron chi connectivity index (χ4n) is 1.56. The topological polar surface area (TPSA) is 21.3 Å². The van der Waals surface area contributed by atoms with Crippen LogP contribution in [-0.4, -0.2) is 12.1 Å². The van der Waals surface area contributed by atoms with Gasteiger partial charge in [0.2, 0.25) is 0 Å². The third-order valence-corrected chi connectivity index (χ3v) is 3.19. The average Bonchev–Trinajstić information content (AvgIpc) is 2.33. The van der Waals surface area contributed by atoms with E-state index in [1.807, 2.05) is 12.1 Å². The lowest BCUT2D eigenvalue weighted by atomic mass is 10.1. The van der Waals surface area contributed by atoms with Gasteiger partial charge in [0.25, 0.3) is 0 Å². The molecule has 0 aliphatic rings. The summed E-state index contributed by atoms with van der Waals surface area (Å²) in [6, 6.07) is 6.11. The van der Waals surface area contributed by atoms with Crippen LogP contribution >= 0.6 is 15.9 Å². The van der Waals surface area contributed by atoms with Gasteiger partial charge in [0.15, 0.2) is 0 Å². The molecule has 0 aliphatic heterocycles. The summed E-state index contributed by atoms with van der Waals surface area (Å²) in [5, 5.41) is 3.47. The lowest BCUT2D eigenvalue weighted by Gasteiger charge is -2.22. The Balaban J connectivity index is 2.69. The molecule has 104 valence electrons. The quantitative estimate of drug-likeness (QED) is 0.627. The Morgan fingerprint density at radius 3 is 2.74 bits per heavy atom. The SMILES string of the molecule is C#CCCCOc1c(Br)cccc1CNC(C)(C)C. The Labute approximate surface area is 125 Å². The van der Waals surface area contributed by atoms with Crippen molar-refractivity contribution in [3.63, 3.8) is 0 Å².